The third-order valence-corrected chi connectivity index (χ3v) is 4.80. The highest BCUT2D eigenvalue weighted by Crippen LogP contribution is 2.26. The molecule has 0 aromatic carbocycles. The van der Waals surface area contributed by atoms with Crippen LogP contribution < -0.4 is 11.0 Å². The second-order valence-corrected chi connectivity index (χ2v) is 6.23. The topological polar surface area (TPSA) is 117 Å². The highest BCUT2D eigenvalue weighted by atomic mass is 32.1. The first-order chi connectivity index (χ1) is 11.4. The second-order valence-electron chi connectivity index (χ2n) is 4.82. The fourth-order valence-electron chi connectivity index (χ4n) is 2.18. The smallest absolute Gasteiger partial charge is 0.346 e. The van der Waals surface area contributed by atoms with Gasteiger partial charge in [-0.15, -0.1) is 11.3 Å². The second kappa shape index (κ2) is 5.98. The lowest BCUT2D eigenvalue weighted by molar-refractivity contribution is 0.0701. The van der Waals surface area contributed by atoms with Crippen LogP contribution in [0.3, 0.4) is 0 Å². The monoisotopic (exact) mass is 362 g/mol. The number of thiophene rings is 1. The van der Waals surface area contributed by atoms with Crippen molar-refractivity contribution in [1.82, 2.24) is 14.6 Å². The van der Waals surface area contributed by atoms with Crippen LogP contribution in [0.15, 0.2) is 29.3 Å². The van der Waals surface area contributed by atoms with E-state index in [1.807, 2.05) is 0 Å². The molecule has 0 radical (unpaired) electrons. The molecule has 0 atom stereocenters. The average molecular weight is 362 g/mol. The van der Waals surface area contributed by atoms with Gasteiger partial charge in [-0.25, -0.2) is 4.79 Å². The van der Waals surface area contributed by atoms with Crippen molar-refractivity contribution in [3.05, 3.63) is 55.7 Å². The average Bonchev–Trinajstić information content (AvgIpc) is 2.89. The molecule has 0 spiro atoms. The van der Waals surface area contributed by atoms with Gasteiger partial charge in [0.2, 0.25) is 4.77 Å². The summed E-state index contributed by atoms with van der Waals surface area (Å²) in [6.07, 6.45) is 2.87. The maximum Gasteiger partial charge on any atom is 0.346 e. The maximum absolute atomic E-state index is 12.6. The molecule has 1 amide bonds. The molecule has 0 aliphatic carbocycles. The molecule has 10 heteroatoms. The Balaban J connectivity index is 2.14. The molecular weight excluding hydrogens is 352 g/mol. The van der Waals surface area contributed by atoms with Crippen molar-refractivity contribution in [3.8, 4) is 0 Å². The van der Waals surface area contributed by atoms with E-state index in [9.17, 15) is 19.5 Å². The minimum absolute atomic E-state index is 0.0390. The molecule has 24 heavy (non-hydrogen) atoms. The third kappa shape index (κ3) is 2.61. The van der Waals surface area contributed by atoms with Gasteiger partial charge in [-0.1, -0.05) is 0 Å². The third-order valence-electron chi connectivity index (χ3n) is 3.32. The molecule has 0 saturated heterocycles. The van der Waals surface area contributed by atoms with Crippen LogP contribution >= 0.6 is 23.6 Å². The number of carboxylic acid groups (broad SMARTS) is 1. The molecule has 3 N–H and O–H groups in total. The van der Waals surface area contributed by atoms with E-state index in [-0.39, 0.29) is 20.6 Å². The van der Waals surface area contributed by atoms with Crippen LogP contribution in [-0.4, -0.2) is 31.6 Å². The van der Waals surface area contributed by atoms with Gasteiger partial charge in [0, 0.05) is 12.4 Å². The zero-order chi connectivity index (χ0) is 17.4. The summed E-state index contributed by atoms with van der Waals surface area (Å²) in [6, 6.07) is 3.13. The number of hydrogen-bond acceptors (Lipinski definition) is 6. The van der Waals surface area contributed by atoms with Gasteiger partial charge in [-0.2, -0.15) is 4.68 Å². The summed E-state index contributed by atoms with van der Waals surface area (Å²) in [5.41, 5.74) is 2.39. The number of pyridine rings is 1. The quantitative estimate of drug-likeness (QED) is 0.613. The number of aromatic carboxylic acids is 1. The number of aromatic amines is 1. The zero-order valence-corrected chi connectivity index (χ0v) is 13.8. The number of fused-ring (bicyclic) bond motifs is 1. The first kappa shape index (κ1) is 16.0. The van der Waals surface area contributed by atoms with Crippen molar-refractivity contribution < 1.29 is 14.7 Å². The van der Waals surface area contributed by atoms with Crippen molar-refractivity contribution in [3.63, 3.8) is 0 Å². The predicted octanol–water partition coefficient (Wildman–Crippen LogP) is 1.91. The molecular formula is C14H10N4O4S2. The Morgan fingerprint density at radius 2 is 2.21 bits per heavy atom. The molecule has 122 valence electrons. The summed E-state index contributed by atoms with van der Waals surface area (Å²) in [7, 11) is 0. The molecule has 0 aliphatic heterocycles. The lowest BCUT2D eigenvalue weighted by Gasteiger charge is -2.08. The van der Waals surface area contributed by atoms with Crippen LogP contribution in [0.5, 0.6) is 0 Å². The van der Waals surface area contributed by atoms with Crippen LogP contribution in [-0.2, 0) is 0 Å². The number of rotatable bonds is 3. The summed E-state index contributed by atoms with van der Waals surface area (Å²) in [6.45, 7) is 1.54. The molecule has 0 aliphatic rings. The Morgan fingerprint density at radius 3 is 2.83 bits per heavy atom. The van der Waals surface area contributed by atoms with Crippen LogP contribution in [0.2, 0.25) is 0 Å². The number of aromatic nitrogens is 3. The van der Waals surface area contributed by atoms with Gasteiger partial charge in [0.1, 0.15) is 9.71 Å². The van der Waals surface area contributed by atoms with E-state index in [1.165, 1.54) is 25.4 Å². The van der Waals surface area contributed by atoms with E-state index in [0.717, 1.165) is 16.0 Å². The molecule has 3 aromatic heterocycles. The minimum Gasteiger partial charge on any atom is -0.477 e. The van der Waals surface area contributed by atoms with Gasteiger partial charge in [-0.3, -0.25) is 20.0 Å². The van der Waals surface area contributed by atoms with Crippen molar-refractivity contribution in [2.45, 2.75) is 6.92 Å². The maximum atomic E-state index is 12.6. The Kier molecular flexibility index (Phi) is 3.99. The van der Waals surface area contributed by atoms with Crippen molar-refractivity contribution in [2.75, 3.05) is 5.43 Å². The highest BCUT2D eigenvalue weighted by Gasteiger charge is 2.19. The molecule has 0 unspecified atom stereocenters. The molecule has 0 bridgehead atoms. The van der Waals surface area contributed by atoms with E-state index in [4.69, 9.17) is 12.2 Å². The highest BCUT2D eigenvalue weighted by molar-refractivity contribution is 7.71. The van der Waals surface area contributed by atoms with Gasteiger partial charge in [0.05, 0.1) is 10.9 Å². The van der Waals surface area contributed by atoms with Gasteiger partial charge < -0.3 is 10.1 Å². The Morgan fingerprint density at radius 1 is 1.46 bits per heavy atom. The zero-order valence-electron chi connectivity index (χ0n) is 12.2. The Bertz CT molecular complexity index is 1080. The van der Waals surface area contributed by atoms with Gasteiger partial charge in [0.15, 0.2) is 0 Å². The van der Waals surface area contributed by atoms with Gasteiger partial charge in [-0.05, 0) is 36.8 Å². The summed E-state index contributed by atoms with van der Waals surface area (Å²) < 4.78 is 0.848. The molecule has 0 fully saturated rings. The largest absolute Gasteiger partial charge is 0.477 e. The Labute approximate surface area is 143 Å². The number of nitrogens with one attached hydrogen (secondary N) is 2. The molecule has 3 heterocycles. The number of carbonyl (C=O) groups is 2. The lowest BCUT2D eigenvalue weighted by atomic mass is 10.2. The summed E-state index contributed by atoms with van der Waals surface area (Å²) in [4.78, 5) is 43.1. The number of amides is 1. The number of nitrogens with zero attached hydrogens (tertiary/aromatic N) is 2. The van der Waals surface area contributed by atoms with Gasteiger partial charge >= 0.3 is 5.97 Å². The molecule has 0 saturated carbocycles. The number of H-pyrrole nitrogens is 1. The molecule has 3 aromatic rings. The fraction of sp³-hybridized carbons (Fsp3) is 0.0714. The number of hydrogen-bond donors (Lipinski definition) is 3. The van der Waals surface area contributed by atoms with Gasteiger partial charge in [0.25, 0.3) is 11.5 Å². The normalized spacial score (nSPS) is 10.7. The van der Waals surface area contributed by atoms with E-state index < -0.39 is 17.4 Å². The van der Waals surface area contributed by atoms with Crippen LogP contribution in [0.4, 0.5) is 0 Å². The number of carbonyl (C=O) groups excluding carboxylic acids is 1. The predicted molar refractivity (Wildman–Crippen MR) is 90.9 cm³/mol. The van der Waals surface area contributed by atoms with Crippen molar-refractivity contribution in [2.24, 2.45) is 0 Å². The number of aryl methyl sites for hydroxylation is 1. The molecule has 3 rings (SSSR count). The Hall–Kier alpha value is -2.85. The molecule has 8 nitrogen and oxygen atoms in total. The lowest BCUT2D eigenvalue weighted by Crippen LogP contribution is -2.34. The SMILES string of the molecule is Cc1c(C(=O)O)sc2[nH]c(=S)n(NC(=O)c3cccnc3)c(=O)c12. The fourth-order valence-corrected chi connectivity index (χ4v) is 3.52. The first-order valence-corrected chi connectivity index (χ1v) is 7.85. The van der Waals surface area contributed by atoms with E-state index in [2.05, 4.69) is 15.4 Å². The van der Waals surface area contributed by atoms with Crippen LogP contribution in [0, 0.1) is 11.7 Å². The summed E-state index contributed by atoms with van der Waals surface area (Å²) in [5, 5.41) is 9.35. The van der Waals surface area contributed by atoms with Crippen LogP contribution in [0.25, 0.3) is 10.2 Å². The standard InChI is InChI=1S/C14H10N4O4S2/c1-6-8-11(24-9(6)13(21)22)16-14(23)18(12(8)20)17-10(19)7-3-2-4-15-5-7/h2-5H,1H3,(H,16,23)(H,17,19)(H,21,22). The summed E-state index contributed by atoms with van der Waals surface area (Å²) >= 11 is 6.02. The van der Waals surface area contributed by atoms with Crippen molar-refractivity contribution >= 4 is 45.6 Å². The van der Waals surface area contributed by atoms with E-state index >= 15 is 0 Å². The van der Waals surface area contributed by atoms with Crippen molar-refractivity contribution in [1.29, 1.82) is 0 Å². The first-order valence-electron chi connectivity index (χ1n) is 6.63. The van der Waals surface area contributed by atoms with E-state index in [0.29, 0.717) is 10.4 Å². The van der Waals surface area contributed by atoms with E-state index in [1.54, 1.807) is 6.07 Å². The summed E-state index contributed by atoms with van der Waals surface area (Å²) in [5.74, 6) is -1.69. The number of carboxylic acids is 1. The minimum atomic E-state index is -1.13. The van der Waals surface area contributed by atoms with Crippen LogP contribution in [0.1, 0.15) is 25.6 Å².